The van der Waals surface area contributed by atoms with Crippen LogP contribution in [0.2, 0.25) is 10.0 Å². The highest BCUT2D eigenvalue weighted by atomic mass is 35.5. The van der Waals surface area contributed by atoms with E-state index in [1.54, 1.807) is 16.8 Å². The maximum atomic E-state index is 12.0. The molecule has 0 saturated carbocycles. The van der Waals surface area contributed by atoms with E-state index in [0.29, 0.717) is 27.8 Å². The van der Waals surface area contributed by atoms with Crippen LogP contribution in [0.3, 0.4) is 0 Å². The standard InChI is InChI=1S/C14H15Cl2N3O/c1-4-17-14(20)13-8(2)18-19(9(13)3)10-5-6-11(15)12(16)7-10/h5-7H,4H2,1-3H3,(H,17,20). The molecule has 4 nitrogen and oxygen atoms in total. The van der Waals surface area contributed by atoms with Gasteiger partial charge in [-0.1, -0.05) is 23.2 Å². The van der Waals surface area contributed by atoms with Gasteiger partial charge >= 0.3 is 0 Å². The predicted octanol–water partition coefficient (Wildman–Crippen LogP) is 3.55. The van der Waals surface area contributed by atoms with Crippen LogP contribution in [-0.4, -0.2) is 22.2 Å². The minimum Gasteiger partial charge on any atom is -0.352 e. The molecule has 1 amide bonds. The smallest absolute Gasteiger partial charge is 0.255 e. The average molecular weight is 312 g/mol. The van der Waals surface area contributed by atoms with Crippen LogP contribution in [-0.2, 0) is 0 Å². The second-order valence-corrected chi connectivity index (χ2v) is 5.23. The Hall–Kier alpha value is -1.52. The zero-order valence-electron chi connectivity index (χ0n) is 11.5. The summed E-state index contributed by atoms with van der Waals surface area (Å²) in [7, 11) is 0. The van der Waals surface area contributed by atoms with Gasteiger partial charge < -0.3 is 5.32 Å². The van der Waals surface area contributed by atoms with Crippen molar-refractivity contribution in [1.82, 2.24) is 15.1 Å². The summed E-state index contributed by atoms with van der Waals surface area (Å²) in [5.74, 6) is -0.117. The highest BCUT2D eigenvalue weighted by Gasteiger charge is 2.19. The first-order chi connectivity index (χ1) is 9.45. The topological polar surface area (TPSA) is 46.9 Å². The molecule has 0 fully saturated rings. The number of rotatable bonds is 3. The molecule has 1 heterocycles. The minimum atomic E-state index is -0.117. The van der Waals surface area contributed by atoms with Crippen LogP contribution >= 0.6 is 23.2 Å². The first-order valence-electron chi connectivity index (χ1n) is 6.25. The molecule has 6 heteroatoms. The largest absolute Gasteiger partial charge is 0.352 e. The van der Waals surface area contributed by atoms with Gasteiger partial charge in [0.15, 0.2) is 0 Å². The number of carbonyl (C=O) groups excluding carboxylic acids is 1. The fraction of sp³-hybridized carbons (Fsp3) is 0.286. The lowest BCUT2D eigenvalue weighted by atomic mass is 10.2. The zero-order valence-corrected chi connectivity index (χ0v) is 13.0. The summed E-state index contributed by atoms with van der Waals surface area (Å²) in [6, 6.07) is 5.25. The van der Waals surface area contributed by atoms with Gasteiger partial charge in [-0.25, -0.2) is 4.68 Å². The third-order valence-electron chi connectivity index (χ3n) is 3.00. The Kier molecular flexibility index (Phi) is 4.35. The Bertz CT molecular complexity index is 665. The number of nitrogens with zero attached hydrogens (tertiary/aromatic N) is 2. The average Bonchev–Trinajstić information content (AvgIpc) is 2.68. The monoisotopic (exact) mass is 311 g/mol. The molecular weight excluding hydrogens is 297 g/mol. The predicted molar refractivity (Wildman–Crippen MR) is 81.1 cm³/mol. The SMILES string of the molecule is CCNC(=O)c1c(C)nn(-c2ccc(Cl)c(Cl)c2)c1C. The fourth-order valence-corrected chi connectivity index (χ4v) is 2.38. The van der Waals surface area contributed by atoms with E-state index in [0.717, 1.165) is 11.4 Å². The van der Waals surface area contributed by atoms with Crippen LogP contribution < -0.4 is 5.32 Å². The third kappa shape index (κ3) is 2.67. The van der Waals surface area contributed by atoms with Gasteiger partial charge in [-0.15, -0.1) is 0 Å². The Morgan fingerprint density at radius 1 is 1.30 bits per heavy atom. The van der Waals surface area contributed by atoms with Gasteiger partial charge in [-0.05, 0) is 39.0 Å². The van der Waals surface area contributed by atoms with E-state index in [1.807, 2.05) is 26.8 Å². The number of aryl methyl sites for hydroxylation is 1. The molecule has 0 saturated heterocycles. The molecule has 2 rings (SSSR count). The van der Waals surface area contributed by atoms with Crippen LogP contribution in [0, 0.1) is 13.8 Å². The van der Waals surface area contributed by atoms with Gasteiger partial charge in [-0.3, -0.25) is 4.79 Å². The molecule has 0 atom stereocenters. The molecule has 1 aromatic heterocycles. The minimum absolute atomic E-state index is 0.117. The molecule has 0 spiro atoms. The van der Waals surface area contributed by atoms with Gasteiger partial charge in [0.2, 0.25) is 0 Å². The van der Waals surface area contributed by atoms with E-state index < -0.39 is 0 Å². The van der Waals surface area contributed by atoms with Gasteiger partial charge in [-0.2, -0.15) is 5.10 Å². The van der Waals surface area contributed by atoms with Crippen molar-refractivity contribution >= 4 is 29.1 Å². The van der Waals surface area contributed by atoms with Gasteiger partial charge in [0.05, 0.1) is 32.7 Å². The molecule has 0 unspecified atom stereocenters. The molecule has 2 aromatic rings. The number of hydrogen-bond acceptors (Lipinski definition) is 2. The lowest BCUT2D eigenvalue weighted by molar-refractivity contribution is 0.0954. The number of halogens is 2. The van der Waals surface area contributed by atoms with Crippen molar-refractivity contribution in [3.05, 3.63) is 45.2 Å². The maximum absolute atomic E-state index is 12.0. The fourth-order valence-electron chi connectivity index (χ4n) is 2.09. The second-order valence-electron chi connectivity index (χ2n) is 4.42. The van der Waals surface area contributed by atoms with Crippen LogP contribution in [0.4, 0.5) is 0 Å². The number of aromatic nitrogens is 2. The van der Waals surface area contributed by atoms with Gasteiger partial charge in [0.25, 0.3) is 5.91 Å². The zero-order chi connectivity index (χ0) is 14.9. The quantitative estimate of drug-likeness (QED) is 0.942. The van der Waals surface area contributed by atoms with Crippen molar-refractivity contribution in [1.29, 1.82) is 0 Å². The van der Waals surface area contributed by atoms with Crippen molar-refractivity contribution in [2.45, 2.75) is 20.8 Å². The first kappa shape index (κ1) is 14.9. The van der Waals surface area contributed by atoms with E-state index >= 15 is 0 Å². The number of hydrogen-bond donors (Lipinski definition) is 1. The molecule has 20 heavy (non-hydrogen) atoms. The van der Waals surface area contributed by atoms with Gasteiger partial charge in [0.1, 0.15) is 0 Å². The molecule has 0 radical (unpaired) electrons. The summed E-state index contributed by atoms with van der Waals surface area (Å²) in [6.45, 7) is 6.13. The van der Waals surface area contributed by atoms with E-state index in [1.165, 1.54) is 0 Å². The second kappa shape index (κ2) is 5.85. The van der Waals surface area contributed by atoms with Crippen LogP contribution in [0.1, 0.15) is 28.7 Å². The van der Waals surface area contributed by atoms with E-state index in [-0.39, 0.29) is 5.91 Å². The summed E-state index contributed by atoms with van der Waals surface area (Å²) in [6.07, 6.45) is 0. The Morgan fingerprint density at radius 2 is 2.00 bits per heavy atom. The first-order valence-corrected chi connectivity index (χ1v) is 7.01. The van der Waals surface area contributed by atoms with Gasteiger partial charge in [0, 0.05) is 6.54 Å². The van der Waals surface area contributed by atoms with Crippen molar-refractivity contribution < 1.29 is 4.79 Å². The highest BCUT2D eigenvalue weighted by Crippen LogP contribution is 2.26. The van der Waals surface area contributed by atoms with E-state index in [9.17, 15) is 4.79 Å². The molecule has 0 aliphatic heterocycles. The summed E-state index contributed by atoms with van der Waals surface area (Å²) < 4.78 is 1.70. The molecule has 106 valence electrons. The number of benzene rings is 1. The summed E-state index contributed by atoms with van der Waals surface area (Å²) >= 11 is 11.9. The molecule has 0 aliphatic rings. The van der Waals surface area contributed by atoms with Crippen LogP contribution in [0.5, 0.6) is 0 Å². The summed E-state index contributed by atoms with van der Waals surface area (Å²) in [5.41, 5.74) is 2.82. The molecular formula is C14H15Cl2N3O. The van der Waals surface area contributed by atoms with Crippen molar-refractivity contribution in [3.63, 3.8) is 0 Å². The number of amides is 1. The van der Waals surface area contributed by atoms with Crippen molar-refractivity contribution in [2.75, 3.05) is 6.54 Å². The maximum Gasteiger partial charge on any atom is 0.255 e. The molecule has 0 aliphatic carbocycles. The normalized spacial score (nSPS) is 10.7. The third-order valence-corrected chi connectivity index (χ3v) is 3.74. The summed E-state index contributed by atoms with van der Waals surface area (Å²) in [5, 5.41) is 8.14. The van der Waals surface area contributed by atoms with E-state index in [2.05, 4.69) is 10.4 Å². The van der Waals surface area contributed by atoms with Crippen LogP contribution in [0.15, 0.2) is 18.2 Å². The molecule has 1 N–H and O–H groups in total. The van der Waals surface area contributed by atoms with Crippen LogP contribution in [0.25, 0.3) is 5.69 Å². The number of nitrogens with one attached hydrogen (secondary N) is 1. The highest BCUT2D eigenvalue weighted by molar-refractivity contribution is 6.42. The molecule has 0 bridgehead atoms. The van der Waals surface area contributed by atoms with Crippen molar-refractivity contribution in [2.24, 2.45) is 0 Å². The lowest BCUT2D eigenvalue weighted by Gasteiger charge is -2.06. The summed E-state index contributed by atoms with van der Waals surface area (Å²) in [4.78, 5) is 12.0. The Morgan fingerprint density at radius 3 is 2.60 bits per heavy atom. The van der Waals surface area contributed by atoms with Crippen molar-refractivity contribution in [3.8, 4) is 5.69 Å². The Labute approximate surface area is 127 Å². The molecule has 1 aromatic carbocycles. The Balaban J connectivity index is 2.51. The number of carbonyl (C=O) groups is 1. The van der Waals surface area contributed by atoms with E-state index in [4.69, 9.17) is 23.2 Å². The lowest BCUT2D eigenvalue weighted by Crippen LogP contribution is -2.23.